The lowest BCUT2D eigenvalue weighted by Gasteiger charge is -2.14. The maximum Gasteiger partial charge on any atom is 0.339 e. The molecule has 100 valence electrons. The first-order chi connectivity index (χ1) is 8.47. The molecule has 1 aromatic heterocycles. The van der Waals surface area contributed by atoms with Crippen LogP contribution in [0.2, 0.25) is 0 Å². The van der Waals surface area contributed by atoms with E-state index in [1.165, 1.54) is 7.11 Å². The van der Waals surface area contributed by atoms with Gasteiger partial charge in [0.1, 0.15) is 5.56 Å². The molecule has 1 atom stereocenters. The molecular weight excluding hydrogens is 238 g/mol. The molecule has 0 amide bonds. The van der Waals surface area contributed by atoms with Gasteiger partial charge in [0.05, 0.1) is 18.4 Å². The Hall–Kier alpha value is -1.73. The van der Waals surface area contributed by atoms with Crippen molar-refractivity contribution in [3.63, 3.8) is 0 Å². The summed E-state index contributed by atoms with van der Waals surface area (Å²) in [7, 11) is 1.47. The topological polar surface area (TPSA) is 105 Å². The summed E-state index contributed by atoms with van der Waals surface area (Å²) in [6.07, 6.45) is -0.736. The zero-order chi connectivity index (χ0) is 13.7. The van der Waals surface area contributed by atoms with Crippen molar-refractivity contribution in [1.82, 2.24) is 10.2 Å². The van der Waals surface area contributed by atoms with E-state index in [1.807, 2.05) is 0 Å². The molecule has 1 unspecified atom stereocenters. The molecule has 1 rings (SSSR count). The molecule has 3 N–H and O–H groups in total. The first kappa shape index (κ1) is 14.3. The van der Waals surface area contributed by atoms with Gasteiger partial charge in [-0.15, -0.1) is 5.10 Å². The van der Waals surface area contributed by atoms with Gasteiger partial charge in [0.25, 0.3) is 0 Å². The second-order valence-corrected chi connectivity index (χ2v) is 3.93. The molecular formula is C11H17N3O4. The minimum atomic E-state index is -1.07. The van der Waals surface area contributed by atoms with Crippen LogP contribution in [-0.4, -0.2) is 52.7 Å². The summed E-state index contributed by atoms with van der Waals surface area (Å²) in [4.78, 5) is 11.2. The standard InChI is InChI=1S/C11H17N3O4/c1-6-7(2)13-14-10(9(6)11(16)17)12-4-8(15)5-18-3/h8,15H,4-5H2,1-3H3,(H,12,14)(H,16,17). The summed E-state index contributed by atoms with van der Waals surface area (Å²) in [5.74, 6) is -0.921. The molecule has 0 aliphatic rings. The molecule has 0 aliphatic heterocycles. The van der Waals surface area contributed by atoms with Crippen molar-refractivity contribution >= 4 is 11.8 Å². The van der Waals surface area contributed by atoms with Crippen molar-refractivity contribution in [2.24, 2.45) is 0 Å². The predicted molar refractivity (Wildman–Crippen MR) is 64.8 cm³/mol. The van der Waals surface area contributed by atoms with E-state index in [0.29, 0.717) is 11.3 Å². The third-order valence-corrected chi connectivity index (χ3v) is 2.53. The van der Waals surface area contributed by atoms with Crippen molar-refractivity contribution < 1.29 is 19.7 Å². The SMILES string of the molecule is COCC(O)CNc1nnc(C)c(C)c1C(=O)O. The summed E-state index contributed by atoms with van der Waals surface area (Å²) in [5.41, 5.74) is 1.20. The molecule has 0 radical (unpaired) electrons. The number of hydrogen-bond acceptors (Lipinski definition) is 6. The fourth-order valence-electron chi connectivity index (χ4n) is 1.46. The molecule has 0 fully saturated rings. The lowest BCUT2D eigenvalue weighted by atomic mass is 10.1. The summed E-state index contributed by atoms with van der Waals surface area (Å²) >= 11 is 0. The minimum Gasteiger partial charge on any atom is -0.478 e. The van der Waals surface area contributed by atoms with Gasteiger partial charge in [0.2, 0.25) is 0 Å². The Morgan fingerprint density at radius 3 is 2.67 bits per heavy atom. The Kier molecular flexibility index (Phi) is 4.99. The van der Waals surface area contributed by atoms with Crippen LogP contribution in [0.4, 0.5) is 5.82 Å². The number of aliphatic hydroxyl groups excluding tert-OH is 1. The highest BCUT2D eigenvalue weighted by Gasteiger charge is 2.18. The summed E-state index contributed by atoms with van der Waals surface area (Å²) < 4.78 is 4.77. The molecule has 0 saturated heterocycles. The lowest BCUT2D eigenvalue weighted by Crippen LogP contribution is -2.26. The minimum absolute atomic E-state index is 0.0760. The number of rotatable bonds is 6. The van der Waals surface area contributed by atoms with Gasteiger partial charge in [0.15, 0.2) is 5.82 Å². The fraction of sp³-hybridized carbons (Fsp3) is 0.545. The average molecular weight is 255 g/mol. The first-order valence-electron chi connectivity index (χ1n) is 5.45. The van der Waals surface area contributed by atoms with Crippen LogP contribution in [0.1, 0.15) is 21.6 Å². The first-order valence-corrected chi connectivity index (χ1v) is 5.45. The smallest absolute Gasteiger partial charge is 0.339 e. The normalized spacial score (nSPS) is 12.2. The number of hydrogen-bond donors (Lipinski definition) is 3. The van der Waals surface area contributed by atoms with E-state index in [1.54, 1.807) is 13.8 Å². The van der Waals surface area contributed by atoms with Crippen molar-refractivity contribution in [2.75, 3.05) is 25.6 Å². The van der Waals surface area contributed by atoms with Crippen molar-refractivity contribution in [3.05, 3.63) is 16.8 Å². The Bertz CT molecular complexity index is 437. The summed E-state index contributed by atoms with van der Waals surface area (Å²) in [5, 5.41) is 29.0. The number of carboxylic acids is 1. The molecule has 7 nitrogen and oxygen atoms in total. The number of aromatic carboxylic acids is 1. The van der Waals surface area contributed by atoms with Gasteiger partial charge in [0, 0.05) is 13.7 Å². The van der Waals surface area contributed by atoms with Crippen LogP contribution in [0.15, 0.2) is 0 Å². The van der Waals surface area contributed by atoms with E-state index in [-0.39, 0.29) is 24.5 Å². The zero-order valence-corrected chi connectivity index (χ0v) is 10.6. The molecule has 1 aromatic rings. The third kappa shape index (κ3) is 3.38. The van der Waals surface area contributed by atoms with Gasteiger partial charge in [-0.25, -0.2) is 4.79 Å². The van der Waals surface area contributed by atoms with Gasteiger partial charge >= 0.3 is 5.97 Å². The van der Waals surface area contributed by atoms with Crippen LogP contribution >= 0.6 is 0 Å². The number of methoxy groups -OCH3 is 1. The van der Waals surface area contributed by atoms with Gasteiger partial charge in [-0.3, -0.25) is 0 Å². The Morgan fingerprint density at radius 2 is 2.11 bits per heavy atom. The van der Waals surface area contributed by atoms with E-state index in [2.05, 4.69) is 15.5 Å². The summed E-state index contributed by atoms with van der Waals surface area (Å²) in [6, 6.07) is 0. The number of aliphatic hydroxyl groups is 1. The monoisotopic (exact) mass is 255 g/mol. The Balaban J connectivity index is 2.89. The largest absolute Gasteiger partial charge is 0.478 e. The van der Waals surface area contributed by atoms with Gasteiger partial charge in [-0.05, 0) is 19.4 Å². The van der Waals surface area contributed by atoms with E-state index in [9.17, 15) is 9.90 Å². The van der Waals surface area contributed by atoms with Crippen LogP contribution in [0.3, 0.4) is 0 Å². The maximum atomic E-state index is 11.2. The highest BCUT2D eigenvalue weighted by Crippen LogP contribution is 2.18. The Morgan fingerprint density at radius 1 is 1.44 bits per heavy atom. The van der Waals surface area contributed by atoms with Crippen LogP contribution in [0.5, 0.6) is 0 Å². The highest BCUT2D eigenvalue weighted by atomic mass is 16.5. The lowest BCUT2D eigenvalue weighted by molar-refractivity contribution is 0.0691. The van der Waals surface area contributed by atoms with E-state index < -0.39 is 12.1 Å². The molecule has 0 aromatic carbocycles. The second-order valence-electron chi connectivity index (χ2n) is 3.93. The van der Waals surface area contributed by atoms with Crippen molar-refractivity contribution in [2.45, 2.75) is 20.0 Å². The van der Waals surface area contributed by atoms with Gasteiger partial charge < -0.3 is 20.3 Å². The Labute approximate surface area is 105 Å². The van der Waals surface area contributed by atoms with Crippen molar-refractivity contribution in [3.8, 4) is 0 Å². The molecule has 0 spiro atoms. The van der Waals surface area contributed by atoms with Gasteiger partial charge in [-0.2, -0.15) is 5.10 Å². The maximum absolute atomic E-state index is 11.2. The molecule has 7 heteroatoms. The predicted octanol–water partition coefficient (Wildman–Crippen LogP) is 0.211. The van der Waals surface area contributed by atoms with E-state index in [4.69, 9.17) is 9.84 Å². The van der Waals surface area contributed by atoms with Crippen LogP contribution in [-0.2, 0) is 4.74 Å². The number of carbonyl (C=O) groups is 1. The number of anilines is 1. The number of aryl methyl sites for hydroxylation is 1. The van der Waals surface area contributed by atoms with Crippen LogP contribution < -0.4 is 5.32 Å². The molecule has 0 aliphatic carbocycles. The van der Waals surface area contributed by atoms with Gasteiger partial charge in [-0.1, -0.05) is 0 Å². The van der Waals surface area contributed by atoms with Crippen LogP contribution in [0, 0.1) is 13.8 Å². The second kappa shape index (κ2) is 6.27. The number of nitrogens with zero attached hydrogens (tertiary/aromatic N) is 2. The fourth-order valence-corrected chi connectivity index (χ4v) is 1.46. The highest BCUT2D eigenvalue weighted by molar-refractivity contribution is 5.94. The molecule has 18 heavy (non-hydrogen) atoms. The average Bonchev–Trinajstić information content (AvgIpc) is 2.30. The van der Waals surface area contributed by atoms with E-state index in [0.717, 1.165) is 0 Å². The zero-order valence-electron chi connectivity index (χ0n) is 10.6. The third-order valence-electron chi connectivity index (χ3n) is 2.53. The number of ether oxygens (including phenoxy) is 1. The van der Waals surface area contributed by atoms with Crippen LogP contribution in [0.25, 0.3) is 0 Å². The number of aromatic nitrogens is 2. The molecule has 0 saturated carbocycles. The summed E-state index contributed by atoms with van der Waals surface area (Å²) in [6.45, 7) is 3.67. The molecule has 0 bridgehead atoms. The molecule has 1 heterocycles. The quantitative estimate of drug-likeness (QED) is 0.667. The van der Waals surface area contributed by atoms with Crippen molar-refractivity contribution in [1.29, 1.82) is 0 Å². The number of nitrogens with one attached hydrogen (secondary N) is 1. The van der Waals surface area contributed by atoms with E-state index >= 15 is 0 Å². The number of carboxylic acid groups (broad SMARTS) is 1.